The standard InChI is InChI=1S/C17H26N2O/c1-12(2)14-5-3-13(4-6-14)11-19-16-9-7-15(8-10-16)17(18)20/h3-6,12,15-16,19H,7-11H2,1-2H3,(H2,18,20). The number of amides is 1. The maximum atomic E-state index is 11.1. The third-order valence-corrected chi connectivity index (χ3v) is 4.37. The molecule has 0 unspecified atom stereocenters. The van der Waals surface area contributed by atoms with Crippen LogP contribution < -0.4 is 11.1 Å². The number of rotatable bonds is 5. The molecule has 1 saturated carbocycles. The highest BCUT2D eigenvalue weighted by Crippen LogP contribution is 2.24. The molecule has 0 aromatic heterocycles. The summed E-state index contributed by atoms with van der Waals surface area (Å²) in [6.45, 7) is 5.33. The normalized spacial score (nSPS) is 22.9. The van der Waals surface area contributed by atoms with Gasteiger partial charge in [-0.1, -0.05) is 38.1 Å². The summed E-state index contributed by atoms with van der Waals surface area (Å²) < 4.78 is 0. The van der Waals surface area contributed by atoms with E-state index < -0.39 is 0 Å². The van der Waals surface area contributed by atoms with Crippen LogP contribution in [0.25, 0.3) is 0 Å². The van der Waals surface area contributed by atoms with Crippen molar-refractivity contribution < 1.29 is 4.79 Å². The van der Waals surface area contributed by atoms with Crippen LogP contribution in [-0.4, -0.2) is 11.9 Å². The molecule has 0 aliphatic heterocycles. The Balaban J connectivity index is 1.77. The van der Waals surface area contributed by atoms with Crippen LogP contribution >= 0.6 is 0 Å². The average molecular weight is 274 g/mol. The van der Waals surface area contributed by atoms with E-state index in [1.54, 1.807) is 0 Å². The Hall–Kier alpha value is -1.35. The summed E-state index contributed by atoms with van der Waals surface area (Å²) in [7, 11) is 0. The Labute approximate surface area is 121 Å². The molecule has 20 heavy (non-hydrogen) atoms. The summed E-state index contributed by atoms with van der Waals surface area (Å²) in [5, 5.41) is 3.59. The van der Waals surface area contributed by atoms with Crippen molar-refractivity contribution in [2.45, 2.75) is 58.0 Å². The summed E-state index contributed by atoms with van der Waals surface area (Å²) in [5.74, 6) is 0.548. The van der Waals surface area contributed by atoms with Crippen molar-refractivity contribution in [3.05, 3.63) is 35.4 Å². The maximum Gasteiger partial charge on any atom is 0.220 e. The molecule has 1 aromatic carbocycles. The number of hydrogen-bond acceptors (Lipinski definition) is 2. The van der Waals surface area contributed by atoms with Crippen molar-refractivity contribution in [3.63, 3.8) is 0 Å². The second-order valence-corrected chi connectivity index (χ2v) is 6.23. The molecule has 3 nitrogen and oxygen atoms in total. The monoisotopic (exact) mass is 274 g/mol. The van der Waals surface area contributed by atoms with Gasteiger partial charge in [0.15, 0.2) is 0 Å². The SMILES string of the molecule is CC(C)c1ccc(CNC2CCC(C(N)=O)CC2)cc1. The molecular weight excluding hydrogens is 248 g/mol. The van der Waals surface area contributed by atoms with Gasteiger partial charge in [-0.05, 0) is 42.7 Å². The number of hydrogen-bond donors (Lipinski definition) is 2. The lowest BCUT2D eigenvalue weighted by molar-refractivity contribution is -0.122. The molecule has 0 bridgehead atoms. The third kappa shape index (κ3) is 4.07. The quantitative estimate of drug-likeness (QED) is 0.867. The second-order valence-electron chi connectivity index (χ2n) is 6.23. The zero-order chi connectivity index (χ0) is 14.5. The lowest BCUT2D eigenvalue weighted by Gasteiger charge is -2.27. The van der Waals surface area contributed by atoms with Crippen molar-refractivity contribution in [3.8, 4) is 0 Å². The first kappa shape index (κ1) is 15.0. The lowest BCUT2D eigenvalue weighted by Crippen LogP contribution is -2.36. The maximum absolute atomic E-state index is 11.1. The number of carbonyl (C=O) groups excluding carboxylic acids is 1. The number of primary amides is 1. The zero-order valence-corrected chi connectivity index (χ0v) is 12.6. The second kappa shape index (κ2) is 6.89. The molecule has 0 atom stereocenters. The molecule has 3 heteroatoms. The molecule has 1 aliphatic rings. The molecule has 110 valence electrons. The average Bonchev–Trinajstić information content (AvgIpc) is 2.46. The van der Waals surface area contributed by atoms with Crippen LogP contribution in [0.1, 0.15) is 56.6 Å². The lowest BCUT2D eigenvalue weighted by atomic mass is 9.85. The molecule has 0 heterocycles. The smallest absolute Gasteiger partial charge is 0.220 e. The molecule has 1 fully saturated rings. The summed E-state index contributed by atoms with van der Waals surface area (Å²) in [5.41, 5.74) is 8.07. The van der Waals surface area contributed by atoms with Crippen molar-refractivity contribution in [1.82, 2.24) is 5.32 Å². The van der Waals surface area contributed by atoms with Crippen molar-refractivity contribution >= 4 is 5.91 Å². The van der Waals surface area contributed by atoms with Crippen molar-refractivity contribution in [2.75, 3.05) is 0 Å². The number of nitrogens with two attached hydrogens (primary N) is 1. The van der Waals surface area contributed by atoms with Gasteiger partial charge < -0.3 is 11.1 Å². The molecule has 1 aromatic rings. The van der Waals surface area contributed by atoms with E-state index in [9.17, 15) is 4.79 Å². The van der Waals surface area contributed by atoms with Gasteiger partial charge in [0.1, 0.15) is 0 Å². The molecule has 0 saturated heterocycles. The Morgan fingerprint density at radius 2 is 1.80 bits per heavy atom. The molecule has 1 aliphatic carbocycles. The highest BCUT2D eigenvalue weighted by atomic mass is 16.1. The van der Waals surface area contributed by atoms with E-state index >= 15 is 0 Å². The Kier molecular flexibility index (Phi) is 5.18. The van der Waals surface area contributed by atoms with Crippen LogP contribution in [0.4, 0.5) is 0 Å². The molecule has 1 amide bonds. The molecule has 0 radical (unpaired) electrons. The van der Waals surface area contributed by atoms with Gasteiger partial charge in [0.05, 0.1) is 0 Å². The van der Waals surface area contributed by atoms with E-state index in [0.717, 1.165) is 32.2 Å². The van der Waals surface area contributed by atoms with E-state index in [1.807, 2.05) is 0 Å². The Morgan fingerprint density at radius 3 is 2.30 bits per heavy atom. The van der Waals surface area contributed by atoms with Gasteiger partial charge in [0, 0.05) is 18.5 Å². The van der Waals surface area contributed by atoms with Crippen LogP contribution in [0, 0.1) is 5.92 Å². The van der Waals surface area contributed by atoms with Crippen LogP contribution in [0.3, 0.4) is 0 Å². The van der Waals surface area contributed by atoms with Crippen LogP contribution in [0.5, 0.6) is 0 Å². The fourth-order valence-corrected chi connectivity index (χ4v) is 2.86. The molecular formula is C17H26N2O. The van der Waals surface area contributed by atoms with Crippen LogP contribution in [0.15, 0.2) is 24.3 Å². The molecule has 3 N–H and O–H groups in total. The first-order valence-corrected chi connectivity index (χ1v) is 7.67. The van der Waals surface area contributed by atoms with E-state index in [0.29, 0.717) is 12.0 Å². The topological polar surface area (TPSA) is 55.1 Å². The van der Waals surface area contributed by atoms with Gasteiger partial charge in [-0.25, -0.2) is 0 Å². The van der Waals surface area contributed by atoms with Crippen LogP contribution in [-0.2, 0) is 11.3 Å². The molecule has 2 rings (SSSR count). The predicted molar refractivity (Wildman–Crippen MR) is 82.3 cm³/mol. The number of nitrogens with one attached hydrogen (secondary N) is 1. The third-order valence-electron chi connectivity index (χ3n) is 4.37. The minimum atomic E-state index is -0.132. The summed E-state index contributed by atoms with van der Waals surface area (Å²) >= 11 is 0. The minimum absolute atomic E-state index is 0.0957. The van der Waals surface area contributed by atoms with Crippen molar-refractivity contribution in [2.24, 2.45) is 11.7 Å². The van der Waals surface area contributed by atoms with E-state index in [1.165, 1.54) is 11.1 Å². The number of benzene rings is 1. The summed E-state index contributed by atoms with van der Waals surface area (Å²) in [6, 6.07) is 9.36. The fraction of sp³-hybridized carbons (Fsp3) is 0.588. The van der Waals surface area contributed by atoms with Crippen LogP contribution in [0.2, 0.25) is 0 Å². The van der Waals surface area contributed by atoms with Gasteiger partial charge >= 0.3 is 0 Å². The largest absolute Gasteiger partial charge is 0.369 e. The van der Waals surface area contributed by atoms with E-state index in [2.05, 4.69) is 43.4 Å². The predicted octanol–water partition coefficient (Wildman–Crippen LogP) is 2.94. The van der Waals surface area contributed by atoms with E-state index in [-0.39, 0.29) is 11.8 Å². The van der Waals surface area contributed by atoms with Crippen molar-refractivity contribution in [1.29, 1.82) is 0 Å². The molecule has 0 spiro atoms. The van der Waals surface area contributed by atoms with Gasteiger partial charge in [0.2, 0.25) is 5.91 Å². The first-order valence-electron chi connectivity index (χ1n) is 7.67. The van der Waals surface area contributed by atoms with Gasteiger partial charge in [-0.3, -0.25) is 4.79 Å². The Morgan fingerprint density at radius 1 is 1.20 bits per heavy atom. The fourth-order valence-electron chi connectivity index (χ4n) is 2.86. The van der Waals surface area contributed by atoms with E-state index in [4.69, 9.17) is 5.73 Å². The highest BCUT2D eigenvalue weighted by Gasteiger charge is 2.24. The van der Waals surface area contributed by atoms with Gasteiger partial charge in [-0.15, -0.1) is 0 Å². The first-order chi connectivity index (χ1) is 9.56. The zero-order valence-electron chi connectivity index (χ0n) is 12.6. The summed E-state index contributed by atoms with van der Waals surface area (Å²) in [6.07, 6.45) is 3.97. The van der Waals surface area contributed by atoms with Gasteiger partial charge in [0.25, 0.3) is 0 Å². The Bertz CT molecular complexity index is 431. The number of carbonyl (C=O) groups is 1. The summed E-state index contributed by atoms with van der Waals surface area (Å²) in [4.78, 5) is 11.1. The minimum Gasteiger partial charge on any atom is -0.369 e. The highest BCUT2D eigenvalue weighted by molar-refractivity contribution is 5.76. The van der Waals surface area contributed by atoms with Gasteiger partial charge in [-0.2, -0.15) is 0 Å².